The standard InChI is InChI=1S/C15H18N6O2S/c1-11(14-18-19-15(23-14)13-3-2-6-24-13)20-4-5-22-12(7-20)8-21-10-16-9-17-21/h2-3,6,9-12H,4-5,7-8H2,1H3/t11-,12+/m1/s1. The van der Waals surface area contributed by atoms with E-state index in [0.717, 1.165) is 18.0 Å². The van der Waals surface area contributed by atoms with Gasteiger partial charge in [0.05, 0.1) is 30.2 Å². The Hall–Kier alpha value is -2.10. The van der Waals surface area contributed by atoms with Crippen LogP contribution in [0.4, 0.5) is 0 Å². The molecule has 1 aliphatic heterocycles. The van der Waals surface area contributed by atoms with Crippen LogP contribution in [-0.2, 0) is 11.3 Å². The maximum Gasteiger partial charge on any atom is 0.257 e. The first kappa shape index (κ1) is 15.4. The van der Waals surface area contributed by atoms with Crippen molar-refractivity contribution in [1.29, 1.82) is 0 Å². The zero-order valence-electron chi connectivity index (χ0n) is 13.3. The summed E-state index contributed by atoms with van der Waals surface area (Å²) in [5, 5.41) is 14.5. The number of hydrogen-bond acceptors (Lipinski definition) is 8. The maximum atomic E-state index is 5.86. The molecule has 9 heteroatoms. The smallest absolute Gasteiger partial charge is 0.257 e. The van der Waals surface area contributed by atoms with Gasteiger partial charge in [0.15, 0.2) is 0 Å². The molecular weight excluding hydrogens is 328 g/mol. The summed E-state index contributed by atoms with van der Waals surface area (Å²) in [4.78, 5) is 7.26. The number of aromatic nitrogens is 5. The predicted molar refractivity (Wildman–Crippen MR) is 87.4 cm³/mol. The lowest BCUT2D eigenvalue weighted by atomic mass is 10.2. The van der Waals surface area contributed by atoms with Gasteiger partial charge in [-0.25, -0.2) is 4.98 Å². The lowest BCUT2D eigenvalue weighted by molar-refractivity contribution is -0.0526. The van der Waals surface area contributed by atoms with Crippen LogP contribution >= 0.6 is 11.3 Å². The summed E-state index contributed by atoms with van der Waals surface area (Å²) in [5.41, 5.74) is 0. The van der Waals surface area contributed by atoms with Crippen LogP contribution in [0.15, 0.2) is 34.6 Å². The fraction of sp³-hybridized carbons (Fsp3) is 0.467. The zero-order chi connectivity index (χ0) is 16.4. The van der Waals surface area contributed by atoms with Crippen LogP contribution in [0.1, 0.15) is 18.9 Å². The molecule has 2 atom stereocenters. The molecule has 3 aromatic heterocycles. The zero-order valence-corrected chi connectivity index (χ0v) is 14.1. The van der Waals surface area contributed by atoms with Crippen molar-refractivity contribution in [2.45, 2.75) is 25.6 Å². The van der Waals surface area contributed by atoms with Gasteiger partial charge in [-0.2, -0.15) is 5.10 Å². The number of nitrogens with zero attached hydrogens (tertiary/aromatic N) is 6. The highest BCUT2D eigenvalue weighted by Gasteiger charge is 2.28. The molecule has 0 bridgehead atoms. The van der Waals surface area contributed by atoms with Crippen molar-refractivity contribution >= 4 is 11.3 Å². The number of morpholine rings is 1. The molecule has 126 valence electrons. The monoisotopic (exact) mass is 346 g/mol. The normalized spacial score (nSPS) is 20.3. The van der Waals surface area contributed by atoms with Crippen molar-refractivity contribution in [2.75, 3.05) is 19.7 Å². The van der Waals surface area contributed by atoms with Crippen LogP contribution < -0.4 is 0 Å². The van der Waals surface area contributed by atoms with Gasteiger partial charge in [-0.05, 0) is 18.4 Å². The minimum Gasteiger partial charge on any atom is -0.418 e. The van der Waals surface area contributed by atoms with E-state index in [2.05, 4.69) is 32.1 Å². The van der Waals surface area contributed by atoms with E-state index < -0.39 is 0 Å². The summed E-state index contributed by atoms with van der Waals surface area (Å²) in [6, 6.07) is 4.01. The molecule has 3 aromatic rings. The van der Waals surface area contributed by atoms with Gasteiger partial charge in [-0.3, -0.25) is 9.58 Å². The molecule has 0 amide bonds. The van der Waals surface area contributed by atoms with Crippen LogP contribution in [0.5, 0.6) is 0 Å². The molecular formula is C15H18N6O2S. The van der Waals surface area contributed by atoms with Crippen molar-refractivity contribution < 1.29 is 9.15 Å². The van der Waals surface area contributed by atoms with E-state index in [1.54, 1.807) is 22.3 Å². The lowest BCUT2D eigenvalue weighted by Gasteiger charge is -2.35. The van der Waals surface area contributed by atoms with E-state index >= 15 is 0 Å². The first-order valence-electron chi connectivity index (χ1n) is 7.85. The third-order valence-electron chi connectivity index (χ3n) is 4.11. The second-order valence-electron chi connectivity index (χ2n) is 5.70. The van der Waals surface area contributed by atoms with E-state index in [-0.39, 0.29) is 12.1 Å². The van der Waals surface area contributed by atoms with Crippen LogP contribution in [-0.4, -0.2) is 55.7 Å². The highest BCUT2D eigenvalue weighted by molar-refractivity contribution is 7.13. The van der Waals surface area contributed by atoms with Crippen molar-refractivity contribution in [3.8, 4) is 10.8 Å². The SMILES string of the molecule is C[C@H](c1nnc(-c2cccs2)o1)N1CCO[C@H](Cn2cncn2)C1. The Morgan fingerprint density at radius 1 is 1.42 bits per heavy atom. The Morgan fingerprint density at radius 2 is 2.38 bits per heavy atom. The lowest BCUT2D eigenvalue weighted by Crippen LogP contribution is -2.45. The topological polar surface area (TPSA) is 82.1 Å². The van der Waals surface area contributed by atoms with Crippen molar-refractivity contribution in [2.24, 2.45) is 0 Å². The van der Waals surface area contributed by atoms with Crippen molar-refractivity contribution in [1.82, 2.24) is 29.9 Å². The number of rotatable bonds is 5. The van der Waals surface area contributed by atoms with Gasteiger partial charge in [0, 0.05) is 13.1 Å². The van der Waals surface area contributed by atoms with Crippen LogP contribution in [0.2, 0.25) is 0 Å². The van der Waals surface area contributed by atoms with Gasteiger partial charge in [-0.15, -0.1) is 21.5 Å². The molecule has 8 nitrogen and oxygen atoms in total. The summed E-state index contributed by atoms with van der Waals surface area (Å²) in [6.07, 6.45) is 3.31. The molecule has 4 rings (SSSR count). The maximum absolute atomic E-state index is 5.86. The minimum absolute atomic E-state index is 0.0494. The number of thiophene rings is 1. The molecule has 4 heterocycles. The second-order valence-corrected chi connectivity index (χ2v) is 6.65. The largest absolute Gasteiger partial charge is 0.418 e. The summed E-state index contributed by atoms with van der Waals surface area (Å²) >= 11 is 1.59. The highest BCUT2D eigenvalue weighted by atomic mass is 32.1. The molecule has 1 saturated heterocycles. The summed E-state index contributed by atoms with van der Waals surface area (Å²) < 4.78 is 13.5. The van der Waals surface area contributed by atoms with E-state index in [4.69, 9.17) is 9.15 Å². The molecule has 0 aromatic carbocycles. The van der Waals surface area contributed by atoms with Crippen LogP contribution in [0.25, 0.3) is 10.8 Å². The van der Waals surface area contributed by atoms with Gasteiger partial charge in [0.1, 0.15) is 12.7 Å². The van der Waals surface area contributed by atoms with Gasteiger partial charge >= 0.3 is 0 Å². The molecule has 0 spiro atoms. The van der Waals surface area contributed by atoms with Gasteiger partial charge in [-0.1, -0.05) is 6.07 Å². The highest BCUT2D eigenvalue weighted by Crippen LogP contribution is 2.27. The third-order valence-corrected chi connectivity index (χ3v) is 4.96. The van der Waals surface area contributed by atoms with Crippen molar-refractivity contribution in [3.05, 3.63) is 36.1 Å². The Morgan fingerprint density at radius 3 is 3.17 bits per heavy atom. The summed E-state index contributed by atoms with van der Waals surface area (Å²) in [6.45, 7) is 5.08. The number of ether oxygens (including phenoxy) is 1. The third kappa shape index (κ3) is 3.23. The number of hydrogen-bond donors (Lipinski definition) is 0. The molecule has 0 N–H and O–H groups in total. The average Bonchev–Trinajstić information content (AvgIpc) is 3.35. The Kier molecular flexibility index (Phi) is 4.37. The van der Waals surface area contributed by atoms with E-state index in [9.17, 15) is 0 Å². The van der Waals surface area contributed by atoms with E-state index in [0.29, 0.717) is 24.9 Å². The molecule has 0 saturated carbocycles. The van der Waals surface area contributed by atoms with Crippen molar-refractivity contribution in [3.63, 3.8) is 0 Å². The first-order valence-corrected chi connectivity index (χ1v) is 8.73. The Balaban J connectivity index is 1.43. The van der Waals surface area contributed by atoms with E-state index in [1.807, 2.05) is 17.5 Å². The minimum atomic E-state index is 0.0494. The van der Waals surface area contributed by atoms with Gasteiger partial charge in [0.2, 0.25) is 5.89 Å². The molecule has 0 aliphatic carbocycles. The fourth-order valence-corrected chi connectivity index (χ4v) is 3.44. The molecule has 24 heavy (non-hydrogen) atoms. The first-order chi connectivity index (χ1) is 11.8. The van der Waals surface area contributed by atoms with E-state index in [1.165, 1.54) is 6.33 Å². The quantitative estimate of drug-likeness (QED) is 0.697. The summed E-state index contributed by atoms with van der Waals surface area (Å²) in [5.74, 6) is 1.22. The Labute approximate surface area is 143 Å². The predicted octanol–water partition coefficient (Wildman–Crippen LogP) is 1.85. The van der Waals surface area contributed by atoms with Gasteiger partial charge < -0.3 is 9.15 Å². The Bertz CT molecular complexity index is 757. The molecule has 1 fully saturated rings. The van der Waals surface area contributed by atoms with Crippen LogP contribution in [0, 0.1) is 0 Å². The van der Waals surface area contributed by atoms with Gasteiger partial charge in [0.25, 0.3) is 5.89 Å². The summed E-state index contributed by atoms with van der Waals surface area (Å²) in [7, 11) is 0. The molecule has 0 unspecified atom stereocenters. The average molecular weight is 346 g/mol. The molecule has 0 radical (unpaired) electrons. The molecule has 1 aliphatic rings. The fourth-order valence-electron chi connectivity index (χ4n) is 2.80. The van der Waals surface area contributed by atoms with Crippen LogP contribution in [0.3, 0.4) is 0 Å². The second kappa shape index (κ2) is 6.80.